The third-order valence-electron chi connectivity index (χ3n) is 4.82. The number of rotatable bonds is 10. The molecule has 0 aliphatic carbocycles. The lowest BCUT2D eigenvalue weighted by molar-refractivity contribution is -0.116. The molecule has 28 heavy (non-hydrogen) atoms. The monoisotopic (exact) mass is 385 g/mol. The number of fused-ring (bicyclic) bond motifs is 1. The highest BCUT2D eigenvalue weighted by Gasteiger charge is 2.10. The van der Waals surface area contributed by atoms with Crippen molar-refractivity contribution >= 4 is 22.7 Å². The Bertz CT molecular complexity index is 968. The Hall–Kier alpha value is -2.87. The Kier molecular flexibility index (Phi) is 6.65. The van der Waals surface area contributed by atoms with Gasteiger partial charge in [0, 0.05) is 25.7 Å². The molecule has 0 saturated heterocycles. The molecule has 1 N–H and O–H groups in total. The minimum absolute atomic E-state index is 0.0934. The predicted molar refractivity (Wildman–Crippen MR) is 108 cm³/mol. The quantitative estimate of drug-likeness (QED) is 0.580. The van der Waals surface area contributed by atoms with Crippen molar-refractivity contribution in [2.75, 3.05) is 25.0 Å². The summed E-state index contributed by atoms with van der Waals surface area (Å²) in [6.07, 6.45) is 4.37. The number of hydrogen-bond donors (Lipinski definition) is 1. The van der Waals surface area contributed by atoms with Gasteiger partial charge >= 0.3 is 5.76 Å². The number of benzene rings is 1. The maximum atomic E-state index is 12.2. The lowest BCUT2D eigenvalue weighted by atomic mass is 10.2. The molecule has 2 aromatic heterocycles. The van der Waals surface area contributed by atoms with Crippen molar-refractivity contribution in [3.05, 3.63) is 47.2 Å². The molecule has 3 aromatic rings. The van der Waals surface area contributed by atoms with Crippen molar-refractivity contribution < 1.29 is 9.21 Å². The van der Waals surface area contributed by atoms with E-state index in [1.165, 1.54) is 0 Å². The van der Waals surface area contributed by atoms with E-state index in [2.05, 4.69) is 29.2 Å². The van der Waals surface area contributed by atoms with E-state index in [0.717, 1.165) is 31.7 Å². The smallest absolute Gasteiger partial charge is 0.408 e. The van der Waals surface area contributed by atoms with E-state index < -0.39 is 5.76 Å². The van der Waals surface area contributed by atoms with Crippen molar-refractivity contribution in [3.63, 3.8) is 0 Å². The van der Waals surface area contributed by atoms with Crippen LogP contribution in [0.15, 0.2) is 45.9 Å². The van der Waals surface area contributed by atoms with Gasteiger partial charge < -0.3 is 14.6 Å². The molecule has 0 aliphatic heterocycles. The van der Waals surface area contributed by atoms with Crippen LogP contribution >= 0.6 is 0 Å². The molecule has 0 unspecified atom stereocenters. The fourth-order valence-corrected chi connectivity index (χ4v) is 3.18. The number of carbonyl (C=O) groups excluding carboxylic acids is 1. The second-order valence-electron chi connectivity index (χ2n) is 6.66. The number of hydrogen-bond acceptors (Lipinski definition) is 5. The van der Waals surface area contributed by atoms with Crippen molar-refractivity contribution in [1.82, 2.24) is 19.2 Å². The van der Waals surface area contributed by atoms with Crippen molar-refractivity contribution in [2.24, 2.45) is 0 Å². The Morgan fingerprint density at radius 2 is 2.00 bits per heavy atom. The summed E-state index contributed by atoms with van der Waals surface area (Å²) in [5.41, 5.74) is 2.01. The first-order chi connectivity index (χ1) is 13.6. The van der Waals surface area contributed by atoms with Crippen LogP contribution in [-0.2, 0) is 17.9 Å². The van der Waals surface area contributed by atoms with E-state index in [1.807, 2.05) is 29.1 Å². The number of nitrogens with zero attached hydrogens (tertiary/aromatic N) is 4. The maximum Gasteiger partial charge on any atom is 0.419 e. The van der Waals surface area contributed by atoms with Crippen LogP contribution in [-0.4, -0.2) is 44.8 Å². The third kappa shape index (κ3) is 4.89. The largest absolute Gasteiger partial charge is 0.419 e. The van der Waals surface area contributed by atoms with Crippen molar-refractivity contribution in [2.45, 2.75) is 39.8 Å². The SMILES string of the molecule is CCN(CC)CCn1cc(NC(=O)CCCn2c(=O)oc3ccccc32)cn1. The van der Waals surface area contributed by atoms with Gasteiger partial charge in [-0.3, -0.25) is 14.0 Å². The number of nitrogens with one attached hydrogen (secondary N) is 1. The van der Waals surface area contributed by atoms with Gasteiger partial charge in [0.15, 0.2) is 5.58 Å². The molecule has 1 amide bonds. The summed E-state index contributed by atoms with van der Waals surface area (Å²) in [7, 11) is 0. The zero-order valence-electron chi connectivity index (χ0n) is 16.4. The van der Waals surface area contributed by atoms with Gasteiger partial charge in [0.2, 0.25) is 5.91 Å². The first kappa shape index (κ1) is 19.9. The fraction of sp³-hybridized carbons (Fsp3) is 0.450. The van der Waals surface area contributed by atoms with Gasteiger partial charge in [0.1, 0.15) is 0 Å². The molecule has 150 valence electrons. The summed E-state index contributed by atoms with van der Waals surface area (Å²) in [5, 5.41) is 7.16. The van der Waals surface area contributed by atoms with Gasteiger partial charge in [-0.25, -0.2) is 4.79 Å². The number of oxazole rings is 1. The molecule has 2 heterocycles. The minimum Gasteiger partial charge on any atom is -0.408 e. The van der Waals surface area contributed by atoms with Crippen LogP contribution in [0.2, 0.25) is 0 Å². The number of likely N-dealkylation sites (N-methyl/N-ethyl adjacent to an activating group) is 1. The van der Waals surface area contributed by atoms with Crippen molar-refractivity contribution in [1.29, 1.82) is 0 Å². The lowest BCUT2D eigenvalue weighted by Gasteiger charge is -2.17. The Labute approximate surface area is 163 Å². The van der Waals surface area contributed by atoms with Gasteiger partial charge in [0.05, 0.1) is 23.9 Å². The molecule has 8 nitrogen and oxygen atoms in total. The van der Waals surface area contributed by atoms with Crippen LogP contribution in [0.3, 0.4) is 0 Å². The van der Waals surface area contributed by atoms with Gasteiger partial charge in [0.25, 0.3) is 0 Å². The van der Waals surface area contributed by atoms with Gasteiger partial charge in [-0.05, 0) is 31.6 Å². The highest BCUT2D eigenvalue weighted by molar-refractivity contribution is 5.90. The number of anilines is 1. The van der Waals surface area contributed by atoms with E-state index in [-0.39, 0.29) is 5.91 Å². The average molecular weight is 385 g/mol. The molecule has 0 aliphatic rings. The number of para-hydroxylation sites is 2. The van der Waals surface area contributed by atoms with Crippen LogP contribution in [0.1, 0.15) is 26.7 Å². The van der Waals surface area contributed by atoms with E-state index in [9.17, 15) is 9.59 Å². The van der Waals surface area contributed by atoms with Gasteiger partial charge in [-0.15, -0.1) is 0 Å². The normalized spacial score (nSPS) is 11.4. The Morgan fingerprint density at radius 3 is 2.79 bits per heavy atom. The zero-order valence-corrected chi connectivity index (χ0v) is 16.4. The molecule has 0 bridgehead atoms. The number of aryl methyl sites for hydroxylation is 1. The molecular formula is C20H27N5O3. The number of amides is 1. The van der Waals surface area contributed by atoms with E-state index in [4.69, 9.17) is 4.42 Å². The van der Waals surface area contributed by atoms with Crippen LogP contribution in [0, 0.1) is 0 Å². The van der Waals surface area contributed by atoms with Gasteiger partial charge in [-0.1, -0.05) is 26.0 Å². The van der Waals surface area contributed by atoms with Gasteiger partial charge in [-0.2, -0.15) is 5.10 Å². The summed E-state index contributed by atoms with van der Waals surface area (Å²) in [4.78, 5) is 26.5. The minimum atomic E-state index is -0.393. The van der Waals surface area contributed by atoms with Crippen LogP contribution in [0.4, 0.5) is 5.69 Å². The lowest BCUT2D eigenvalue weighted by Crippen LogP contribution is -2.27. The van der Waals surface area contributed by atoms with E-state index in [0.29, 0.717) is 30.7 Å². The molecule has 1 aromatic carbocycles. The molecule has 0 atom stereocenters. The van der Waals surface area contributed by atoms with E-state index in [1.54, 1.807) is 16.8 Å². The third-order valence-corrected chi connectivity index (χ3v) is 4.82. The molecule has 8 heteroatoms. The summed E-state index contributed by atoms with van der Waals surface area (Å²) >= 11 is 0. The standard InChI is InChI=1S/C20H27N5O3/c1-3-23(4-2)12-13-24-15-16(14-21-24)22-19(26)10-7-11-25-17-8-5-6-9-18(17)28-20(25)27/h5-6,8-9,14-15H,3-4,7,10-13H2,1-2H3,(H,22,26). The van der Waals surface area contributed by atoms with Crippen LogP contribution in [0.5, 0.6) is 0 Å². The summed E-state index contributed by atoms with van der Waals surface area (Å²) in [6.45, 7) is 8.44. The summed E-state index contributed by atoms with van der Waals surface area (Å²) in [6, 6.07) is 7.29. The second kappa shape index (κ2) is 9.36. The molecule has 0 saturated carbocycles. The first-order valence-electron chi connectivity index (χ1n) is 9.73. The fourth-order valence-electron chi connectivity index (χ4n) is 3.18. The average Bonchev–Trinajstić information content (AvgIpc) is 3.26. The molecule has 0 spiro atoms. The van der Waals surface area contributed by atoms with Crippen LogP contribution in [0.25, 0.3) is 11.1 Å². The first-order valence-corrected chi connectivity index (χ1v) is 9.73. The topological polar surface area (TPSA) is 85.3 Å². The number of aromatic nitrogens is 3. The molecule has 0 fully saturated rings. The molecule has 0 radical (unpaired) electrons. The number of carbonyl (C=O) groups is 1. The summed E-state index contributed by atoms with van der Waals surface area (Å²) < 4.78 is 8.61. The highest BCUT2D eigenvalue weighted by Crippen LogP contribution is 2.13. The van der Waals surface area contributed by atoms with Crippen molar-refractivity contribution in [3.8, 4) is 0 Å². The second-order valence-corrected chi connectivity index (χ2v) is 6.66. The zero-order chi connectivity index (χ0) is 19.9. The predicted octanol–water partition coefficient (Wildman–Crippen LogP) is 2.55. The summed E-state index contributed by atoms with van der Waals surface area (Å²) in [5.74, 6) is -0.486. The van der Waals surface area contributed by atoms with E-state index >= 15 is 0 Å². The highest BCUT2D eigenvalue weighted by atomic mass is 16.4. The molecule has 3 rings (SSSR count). The Morgan fingerprint density at radius 1 is 1.21 bits per heavy atom. The van der Waals surface area contributed by atoms with Crippen LogP contribution < -0.4 is 11.1 Å². The Balaban J connectivity index is 1.47. The molecular weight excluding hydrogens is 358 g/mol. The maximum absolute atomic E-state index is 12.2.